The van der Waals surface area contributed by atoms with Crippen LogP contribution in [-0.2, 0) is 7.05 Å². The molecule has 5 nitrogen and oxygen atoms in total. The van der Waals surface area contributed by atoms with Gasteiger partial charge in [-0.3, -0.25) is 0 Å². The molecule has 1 unspecified atom stereocenters. The molecule has 4 rings (SSSR count). The lowest BCUT2D eigenvalue weighted by molar-refractivity contribution is 0.442. The minimum atomic E-state index is 0.667. The number of anilines is 1. The summed E-state index contributed by atoms with van der Waals surface area (Å²) in [6.07, 6.45) is 8.07. The van der Waals surface area contributed by atoms with Crippen molar-refractivity contribution in [2.75, 3.05) is 18.0 Å². The molecular weight excluding hydrogens is 346 g/mol. The molecule has 0 amide bonds. The summed E-state index contributed by atoms with van der Waals surface area (Å²) in [4.78, 5) is 16.4. The minimum Gasteiger partial charge on any atom is -0.341 e. The molecule has 1 fully saturated rings. The van der Waals surface area contributed by atoms with Crippen LogP contribution in [-0.4, -0.2) is 32.6 Å². The predicted octanol–water partition coefficient (Wildman–Crippen LogP) is 4.43. The summed E-state index contributed by atoms with van der Waals surface area (Å²) in [6, 6.07) is 7.78. The lowest BCUT2D eigenvalue weighted by atomic mass is 10.0. The van der Waals surface area contributed by atoms with Crippen molar-refractivity contribution in [1.29, 1.82) is 0 Å². The lowest BCUT2D eigenvalue weighted by Gasteiger charge is -2.31. The van der Waals surface area contributed by atoms with Crippen molar-refractivity contribution in [2.24, 2.45) is 13.0 Å². The Balaban J connectivity index is 1.82. The molecule has 3 heterocycles. The van der Waals surface area contributed by atoms with E-state index in [0.717, 1.165) is 41.7 Å². The molecule has 134 valence electrons. The van der Waals surface area contributed by atoms with Crippen LogP contribution < -0.4 is 4.90 Å². The first-order valence-electron chi connectivity index (χ1n) is 8.97. The zero-order chi connectivity index (χ0) is 18.1. The maximum atomic E-state index is 6.08. The van der Waals surface area contributed by atoms with E-state index in [-0.39, 0.29) is 0 Å². The molecule has 1 aliphatic rings. The van der Waals surface area contributed by atoms with Crippen LogP contribution in [0.1, 0.15) is 19.8 Å². The average Bonchev–Trinajstić information content (AvgIpc) is 3.08. The number of nitrogens with zero attached hydrogens (tertiary/aromatic N) is 5. The number of imidazole rings is 1. The summed E-state index contributed by atoms with van der Waals surface area (Å²) in [6.45, 7) is 4.29. The second-order valence-corrected chi connectivity index (χ2v) is 7.43. The summed E-state index contributed by atoms with van der Waals surface area (Å²) in [5, 5.41) is 0.714. The summed E-state index contributed by atoms with van der Waals surface area (Å²) in [7, 11) is 1.98. The summed E-state index contributed by atoms with van der Waals surface area (Å²) in [5.74, 6) is 2.31. The van der Waals surface area contributed by atoms with E-state index in [1.54, 1.807) is 6.20 Å². The summed E-state index contributed by atoms with van der Waals surface area (Å²) < 4.78 is 1.99. The van der Waals surface area contributed by atoms with Gasteiger partial charge in [0.05, 0.1) is 11.3 Å². The molecule has 1 aromatic carbocycles. The van der Waals surface area contributed by atoms with Gasteiger partial charge in [-0.25, -0.2) is 15.0 Å². The van der Waals surface area contributed by atoms with E-state index in [2.05, 4.69) is 21.8 Å². The molecule has 1 aliphatic heterocycles. The number of aryl methyl sites for hydroxylation is 1. The van der Waals surface area contributed by atoms with Crippen molar-refractivity contribution in [3.8, 4) is 22.6 Å². The third kappa shape index (κ3) is 3.31. The number of piperidine rings is 1. The highest BCUT2D eigenvalue weighted by molar-refractivity contribution is 6.30. The Bertz CT molecular complexity index is 903. The molecule has 1 saturated heterocycles. The van der Waals surface area contributed by atoms with E-state index in [9.17, 15) is 0 Å². The maximum absolute atomic E-state index is 6.08. The molecule has 0 aliphatic carbocycles. The van der Waals surface area contributed by atoms with Gasteiger partial charge in [-0.05, 0) is 30.9 Å². The summed E-state index contributed by atoms with van der Waals surface area (Å²) >= 11 is 6.08. The fourth-order valence-corrected chi connectivity index (χ4v) is 3.64. The lowest BCUT2D eigenvalue weighted by Crippen LogP contribution is -2.35. The first-order chi connectivity index (χ1) is 12.6. The van der Waals surface area contributed by atoms with Crippen molar-refractivity contribution in [2.45, 2.75) is 19.8 Å². The van der Waals surface area contributed by atoms with E-state index < -0.39 is 0 Å². The van der Waals surface area contributed by atoms with Gasteiger partial charge in [0.25, 0.3) is 0 Å². The van der Waals surface area contributed by atoms with Crippen molar-refractivity contribution in [1.82, 2.24) is 19.5 Å². The zero-order valence-corrected chi connectivity index (χ0v) is 15.8. The third-order valence-corrected chi connectivity index (χ3v) is 5.15. The number of halogens is 1. The van der Waals surface area contributed by atoms with Crippen LogP contribution in [0.3, 0.4) is 0 Å². The SMILES string of the molecule is CC1CCCN(c2ncc(-c3nccn3C)c(-c3ccc(Cl)cc3)n2)C1. The second-order valence-electron chi connectivity index (χ2n) is 6.99. The molecule has 1 atom stereocenters. The standard InChI is InChI=1S/C20H22ClN5/c1-14-4-3-10-26(13-14)20-23-12-17(19-22-9-11-25(19)2)18(24-20)15-5-7-16(21)8-6-15/h5-9,11-12,14H,3-4,10,13H2,1-2H3. The first-order valence-corrected chi connectivity index (χ1v) is 9.35. The van der Waals surface area contributed by atoms with E-state index in [4.69, 9.17) is 16.6 Å². The smallest absolute Gasteiger partial charge is 0.225 e. The van der Waals surface area contributed by atoms with E-state index in [1.807, 2.05) is 48.3 Å². The number of rotatable bonds is 3. The van der Waals surface area contributed by atoms with Crippen LogP contribution in [0.4, 0.5) is 5.95 Å². The van der Waals surface area contributed by atoms with Crippen molar-refractivity contribution >= 4 is 17.5 Å². The molecule has 0 N–H and O–H groups in total. The van der Waals surface area contributed by atoms with Gasteiger partial charge in [0.2, 0.25) is 5.95 Å². The average molecular weight is 368 g/mol. The van der Waals surface area contributed by atoms with Gasteiger partial charge in [0.15, 0.2) is 0 Å². The highest BCUT2D eigenvalue weighted by Gasteiger charge is 2.21. The van der Waals surface area contributed by atoms with Gasteiger partial charge in [0.1, 0.15) is 5.82 Å². The Morgan fingerprint density at radius 1 is 1.15 bits per heavy atom. The zero-order valence-electron chi connectivity index (χ0n) is 15.1. The molecule has 3 aromatic rings. The summed E-state index contributed by atoms with van der Waals surface area (Å²) in [5.41, 5.74) is 2.83. The number of benzene rings is 1. The minimum absolute atomic E-state index is 0.667. The Morgan fingerprint density at radius 2 is 1.96 bits per heavy atom. The molecule has 0 bridgehead atoms. The molecule has 26 heavy (non-hydrogen) atoms. The number of hydrogen-bond donors (Lipinski definition) is 0. The molecule has 0 saturated carbocycles. The molecular formula is C20H22ClN5. The van der Waals surface area contributed by atoms with Crippen LogP contribution in [0.15, 0.2) is 42.9 Å². The van der Waals surface area contributed by atoms with Gasteiger partial charge in [-0.1, -0.05) is 30.7 Å². The highest BCUT2D eigenvalue weighted by Crippen LogP contribution is 2.32. The number of aromatic nitrogens is 4. The van der Waals surface area contributed by atoms with Gasteiger partial charge in [0, 0.05) is 49.3 Å². The van der Waals surface area contributed by atoms with Gasteiger partial charge in [-0.2, -0.15) is 0 Å². The van der Waals surface area contributed by atoms with Crippen LogP contribution in [0.5, 0.6) is 0 Å². The fraction of sp³-hybridized carbons (Fsp3) is 0.350. The van der Waals surface area contributed by atoms with Crippen LogP contribution in [0.25, 0.3) is 22.6 Å². The van der Waals surface area contributed by atoms with E-state index >= 15 is 0 Å². The van der Waals surface area contributed by atoms with Crippen molar-refractivity contribution < 1.29 is 0 Å². The Kier molecular flexibility index (Phi) is 4.64. The van der Waals surface area contributed by atoms with Crippen LogP contribution >= 0.6 is 11.6 Å². The second kappa shape index (κ2) is 7.08. The molecule has 6 heteroatoms. The van der Waals surface area contributed by atoms with Crippen LogP contribution in [0, 0.1) is 5.92 Å². The van der Waals surface area contributed by atoms with Gasteiger partial charge < -0.3 is 9.47 Å². The van der Waals surface area contributed by atoms with Gasteiger partial charge >= 0.3 is 0 Å². The Morgan fingerprint density at radius 3 is 2.65 bits per heavy atom. The predicted molar refractivity (Wildman–Crippen MR) is 105 cm³/mol. The maximum Gasteiger partial charge on any atom is 0.225 e. The fourth-order valence-electron chi connectivity index (χ4n) is 3.51. The first kappa shape index (κ1) is 17.0. The highest BCUT2D eigenvalue weighted by atomic mass is 35.5. The Hall–Kier alpha value is -2.40. The molecule has 0 radical (unpaired) electrons. The largest absolute Gasteiger partial charge is 0.341 e. The normalized spacial score (nSPS) is 17.5. The van der Waals surface area contributed by atoms with Gasteiger partial charge in [-0.15, -0.1) is 0 Å². The number of hydrogen-bond acceptors (Lipinski definition) is 4. The van der Waals surface area contributed by atoms with Crippen molar-refractivity contribution in [3.63, 3.8) is 0 Å². The van der Waals surface area contributed by atoms with E-state index in [1.165, 1.54) is 12.8 Å². The molecule has 0 spiro atoms. The molecule has 2 aromatic heterocycles. The third-order valence-electron chi connectivity index (χ3n) is 4.90. The van der Waals surface area contributed by atoms with Crippen LogP contribution in [0.2, 0.25) is 5.02 Å². The Labute approximate surface area is 158 Å². The monoisotopic (exact) mass is 367 g/mol. The quantitative estimate of drug-likeness (QED) is 0.686. The van der Waals surface area contributed by atoms with Crippen molar-refractivity contribution in [3.05, 3.63) is 47.9 Å². The van der Waals surface area contributed by atoms with E-state index in [0.29, 0.717) is 10.9 Å². The topological polar surface area (TPSA) is 46.8 Å².